The fraction of sp³-hybridized carbons (Fsp3) is 0.0909. The molecule has 4 heteroatoms. The molecule has 0 atom stereocenters. The maximum absolute atomic E-state index is 7.33. The van der Waals surface area contributed by atoms with Crippen molar-refractivity contribution >= 4 is 5.84 Å². The second-order valence-corrected chi connectivity index (χ2v) is 3.32. The van der Waals surface area contributed by atoms with Crippen molar-refractivity contribution < 1.29 is 4.52 Å². The van der Waals surface area contributed by atoms with Crippen molar-refractivity contribution in [2.45, 2.75) is 6.92 Å². The van der Waals surface area contributed by atoms with Gasteiger partial charge in [-0.1, -0.05) is 23.4 Å². The van der Waals surface area contributed by atoms with Crippen molar-refractivity contribution in [2.24, 2.45) is 5.73 Å². The van der Waals surface area contributed by atoms with Crippen molar-refractivity contribution in [2.75, 3.05) is 0 Å². The molecule has 0 amide bonds. The molecule has 2 rings (SSSR count). The van der Waals surface area contributed by atoms with Gasteiger partial charge in [-0.2, -0.15) is 0 Å². The van der Waals surface area contributed by atoms with Crippen LogP contribution in [0.5, 0.6) is 0 Å². The molecule has 3 N–H and O–H groups in total. The van der Waals surface area contributed by atoms with Gasteiger partial charge in [0, 0.05) is 17.2 Å². The number of rotatable bonds is 2. The van der Waals surface area contributed by atoms with Crippen LogP contribution in [0.15, 0.2) is 34.9 Å². The first-order valence-corrected chi connectivity index (χ1v) is 4.55. The number of nitrogen functional groups attached to an aromatic ring is 1. The molecular formula is C11H11N3O. The summed E-state index contributed by atoms with van der Waals surface area (Å²) in [4.78, 5) is 0. The van der Waals surface area contributed by atoms with Gasteiger partial charge in [0.05, 0.1) is 0 Å². The number of amidine groups is 1. The number of aromatic nitrogens is 1. The maximum Gasteiger partial charge on any atom is 0.134 e. The standard InChI is InChI=1S/C11H11N3O/c1-7-5-10(14-15-7)8-3-2-4-9(6-8)11(12)13/h2-6H,1H3,(H3,12,13). The molecular weight excluding hydrogens is 190 g/mol. The van der Waals surface area contributed by atoms with E-state index in [0.29, 0.717) is 5.56 Å². The second kappa shape index (κ2) is 3.57. The van der Waals surface area contributed by atoms with Gasteiger partial charge in [0.25, 0.3) is 0 Å². The van der Waals surface area contributed by atoms with Crippen LogP contribution < -0.4 is 5.73 Å². The third-order valence-electron chi connectivity index (χ3n) is 2.10. The third-order valence-corrected chi connectivity index (χ3v) is 2.10. The molecule has 0 spiro atoms. The zero-order chi connectivity index (χ0) is 10.8. The Balaban J connectivity index is 2.45. The number of benzene rings is 1. The summed E-state index contributed by atoms with van der Waals surface area (Å²) in [5.41, 5.74) is 7.76. The minimum absolute atomic E-state index is 0.0528. The summed E-state index contributed by atoms with van der Waals surface area (Å²) in [6.07, 6.45) is 0. The molecule has 1 aromatic carbocycles. The SMILES string of the molecule is Cc1cc(-c2cccc(C(=N)N)c2)no1. The molecule has 0 aliphatic heterocycles. The monoisotopic (exact) mass is 201 g/mol. The lowest BCUT2D eigenvalue weighted by Crippen LogP contribution is -2.10. The van der Waals surface area contributed by atoms with Crippen molar-refractivity contribution in [3.8, 4) is 11.3 Å². The Bertz CT molecular complexity index is 502. The molecule has 1 aromatic heterocycles. The Kier molecular flexibility index (Phi) is 2.25. The zero-order valence-electron chi connectivity index (χ0n) is 8.32. The van der Waals surface area contributed by atoms with E-state index in [9.17, 15) is 0 Å². The lowest BCUT2D eigenvalue weighted by Gasteiger charge is -2.00. The molecule has 0 aliphatic carbocycles. The quantitative estimate of drug-likeness (QED) is 0.575. The number of aryl methyl sites for hydroxylation is 1. The number of nitrogens with one attached hydrogen (secondary N) is 1. The number of hydrogen-bond acceptors (Lipinski definition) is 3. The van der Waals surface area contributed by atoms with Crippen molar-refractivity contribution in [1.29, 1.82) is 5.41 Å². The first-order valence-electron chi connectivity index (χ1n) is 4.55. The van der Waals surface area contributed by atoms with Gasteiger partial charge in [0.1, 0.15) is 17.3 Å². The minimum atomic E-state index is 0.0528. The molecule has 15 heavy (non-hydrogen) atoms. The highest BCUT2D eigenvalue weighted by atomic mass is 16.5. The normalized spacial score (nSPS) is 10.2. The largest absolute Gasteiger partial charge is 0.384 e. The fourth-order valence-electron chi connectivity index (χ4n) is 1.35. The smallest absolute Gasteiger partial charge is 0.134 e. The Hall–Kier alpha value is -2.10. The summed E-state index contributed by atoms with van der Waals surface area (Å²) in [6.45, 7) is 1.84. The highest BCUT2D eigenvalue weighted by Gasteiger charge is 2.05. The van der Waals surface area contributed by atoms with Crippen LogP contribution in [0.4, 0.5) is 0 Å². The van der Waals surface area contributed by atoms with Gasteiger partial charge in [0.15, 0.2) is 0 Å². The second-order valence-electron chi connectivity index (χ2n) is 3.32. The fourth-order valence-corrected chi connectivity index (χ4v) is 1.35. The first kappa shape index (κ1) is 9.45. The molecule has 76 valence electrons. The average molecular weight is 201 g/mol. The summed E-state index contributed by atoms with van der Waals surface area (Å²) < 4.78 is 4.98. The molecule has 0 fully saturated rings. The van der Waals surface area contributed by atoms with Crippen molar-refractivity contribution in [3.63, 3.8) is 0 Å². The summed E-state index contributed by atoms with van der Waals surface area (Å²) in [6, 6.07) is 9.21. The summed E-state index contributed by atoms with van der Waals surface area (Å²) in [7, 11) is 0. The first-order chi connectivity index (χ1) is 7.16. The van der Waals surface area contributed by atoms with Crippen molar-refractivity contribution in [1.82, 2.24) is 5.16 Å². The van der Waals surface area contributed by atoms with Crippen molar-refractivity contribution in [3.05, 3.63) is 41.7 Å². The molecule has 2 aromatic rings. The summed E-state index contributed by atoms with van der Waals surface area (Å²) >= 11 is 0. The summed E-state index contributed by atoms with van der Waals surface area (Å²) in [5, 5.41) is 11.2. The van der Waals surface area contributed by atoms with Crippen LogP contribution in [0.2, 0.25) is 0 Å². The van der Waals surface area contributed by atoms with Gasteiger partial charge in [-0.25, -0.2) is 0 Å². The lowest BCUT2D eigenvalue weighted by atomic mass is 10.1. The van der Waals surface area contributed by atoms with Crippen LogP contribution >= 0.6 is 0 Å². The number of nitrogens with zero attached hydrogens (tertiary/aromatic N) is 1. The van der Waals surface area contributed by atoms with Gasteiger partial charge in [0.2, 0.25) is 0 Å². The average Bonchev–Trinajstić information content (AvgIpc) is 2.65. The van der Waals surface area contributed by atoms with Gasteiger partial charge < -0.3 is 10.3 Å². The van der Waals surface area contributed by atoms with Gasteiger partial charge >= 0.3 is 0 Å². The van der Waals surface area contributed by atoms with E-state index >= 15 is 0 Å². The van der Waals surface area contributed by atoms with E-state index in [1.165, 1.54) is 0 Å². The predicted octanol–water partition coefficient (Wildman–Crippen LogP) is 1.93. The van der Waals surface area contributed by atoms with Crippen LogP contribution in [0.25, 0.3) is 11.3 Å². The van der Waals surface area contributed by atoms with Crippen LogP contribution in [-0.2, 0) is 0 Å². The molecule has 0 saturated heterocycles. The van der Waals surface area contributed by atoms with Crippen LogP contribution in [0, 0.1) is 12.3 Å². The third kappa shape index (κ3) is 1.88. The van der Waals surface area contributed by atoms with Crippen LogP contribution in [0.3, 0.4) is 0 Å². The molecule has 0 saturated carbocycles. The number of nitrogens with two attached hydrogens (primary N) is 1. The van der Waals surface area contributed by atoms with Gasteiger partial charge in [-0.3, -0.25) is 5.41 Å². The van der Waals surface area contributed by atoms with Gasteiger partial charge in [-0.05, 0) is 13.0 Å². The minimum Gasteiger partial charge on any atom is -0.384 e. The van der Waals surface area contributed by atoms with E-state index in [4.69, 9.17) is 15.7 Å². The maximum atomic E-state index is 7.33. The van der Waals surface area contributed by atoms with E-state index in [-0.39, 0.29) is 5.84 Å². The highest BCUT2D eigenvalue weighted by molar-refractivity contribution is 5.95. The van der Waals surface area contributed by atoms with Crippen LogP contribution in [-0.4, -0.2) is 11.0 Å². The predicted molar refractivity (Wildman–Crippen MR) is 57.7 cm³/mol. The highest BCUT2D eigenvalue weighted by Crippen LogP contribution is 2.19. The Morgan fingerprint density at radius 2 is 2.20 bits per heavy atom. The van der Waals surface area contributed by atoms with E-state index in [0.717, 1.165) is 17.0 Å². The number of hydrogen-bond donors (Lipinski definition) is 2. The van der Waals surface area contributed by atoms with Gasteiger partial charge in [-0.15, -0.1) is 0 Å². The van der Waals surface area contributed by atoms with E-state index in [1.807, 2.05) is 31.2 Å². The molecule has 1 heterocycles. The molecule has 0 aliphatic rings. The van der Waals surface area contributed by atoms with E-state index < -0.39 is 0 Å². The molecule has 4 nitrogen and oxygen atoms in total. The zero-order valence-corrected chi connectivity index (χ0v) is 8.32. The molecule has 0 unspecified atom stereocenters. The Morgan fingerprint density at radius 3 is 2.80 bits per heavy atom. The van der Waals surface area contributed by atoms with E-state index in [2.05, 4.69) is 5.16 Å². The lowest BCUT2D eigenvalue weighted by molar-refractivity contribution is 0.399. The van der Waals surface area contributed by atoms with E-state index in [1.54, 1.807) is 6.07 Å². The molecule has 0 bridgehead atoms. The summed E-state index contributed by atoms with van der Waals surface area (Å²) in [5.74, 6) is 0.815. The van der Waals surface area contributed by atoms with Crippen LogP contribution in [0.1, 0.15) is 11.3 Å². The Labute approximate surface area is 87.2 Å². The topological polar surface area (TPSA) is 75.9 Å². The molecule has 0 radical (unpaired) electrons. The Morgan fingerprint density at radius 1 is 1.40 bits per heavy atom.